The molecule has 0 N–H and O–H groups in total. The van der Waals surface area contributed by atoms with Crippen molar-refractivity contribution in [1.82, 2.24) is 0 Å². The van der Waals surface area contributed by atoms with Crippen LogP contribution in [0, 0.1) is 0 Å². The summed E-state index contributed by atoms with van der Waals surface area (Å²) >= 11 is 0. The summed E-state index contributed by atoms with van der Waals surface area (Å²) in [6.45, 7) is 2.26. The minimum absolute atomic E-state index is 0.680. The first-order valence-corrected chi connectivity index (χ1v) is 7.88. The molecule has 0 fully saturated rings. The maximum Gasteiger partial charge on any atom is 0.120 e. The van der Waals surface area contributed by atoms with Crippen LogP contribution in [-0.2, 0) is 17.6 Å². The van der Waals surface area contributed by atoms with Crippen LogP contribution >= 0.6 is 0 Å². The first-order chi connectivity index (χ1) is 9.36. The molecular weight excluding hydrogens is 232 g/mol. The molecule has 0 atom stereocenters. The van der Waals surface area contributed by atoms with E-state index in [1.165, 1.54) is 56.1 Å². The zero-order valence-corrected chi connectivity index (χ0v) is 12.4. The first-order valence-electron chi connectivity index (χ1n) is 7.88. The Kier molecular flexibility index (Phi) is 9.05. The highest BCUT2D eigenvalue weighted by Crippen LogP contribution is 2.12. The zero-order valence-electron chi connectivity index (χ0n) is 12.4. The van der Waals surface area contributed by atoms with E-state index in [-0.39, 0.29) is 0 Å². The zero-order chi connectivity index (χ0) is 13.8. The Balaban J connectivity index is 2.15. The lowest BCUT2D eigenvalue weighted by Crippen LogP contribution is -1.89. The Hall–Kier alpha value is -1.11. The Morgan fingerprint density at radius 3 is 1.89 bits per heavy atom. The fourth-order valence-electron chi connectivity index (χ4n) is 2.37. The van der Waals surface area contributed by atoms with Gasteiger partial charge in [0, 0.05) is 6.42 Å². The molecule has 0 aliphatic rings. The van der Waals surface area contributed by atoms with Crippen molar-refractivity contribution in [3.63, 3.8) is 0 Å². The first kappa shape index (κ1) is 15.9. The van der Waals surface area contributed by atoms with Gasteiger partial charge in [-0.15, -0.1) is 0 Å². The van der Waals surface area contributed by atoms with Gasteiger partial charge in [0.2, 0.25) is 0 Å². The molecule has 0 radical (unpaired) electrons. The average Bonchev–Trinajstić information content (AvgIpc) is 2.44. The largest absolute Gasteiger partial charge is 0.303 e. The second-order valence-corrected chi connectivity index (χ2v) is 5.39. The summed E-state index contributed by atoms with van der Waals surface area (Å²) in [5, 5.41) is 0. The van der Waals surface area contributed by atoms with E-state index in [1.807, 2.05) is 0 Å². The molecule has 19 heavy (non-hydrogen) atoms. The predicted molar refractivity (Wildman–Crippen MR) is 82.5 cm³/mol. The number of unbranched alkanes of at least 4 members (excludes halogenated alkanes) is 6. The van der Waals surface area contributed by atoms with Crippen molar-refractivity contribution in [2.24, 2.45) is 0 Å². The third kappa shape index (κ3) is 7.81. The predicted octanol–water partition coefficient (Wildman–Crippen LogP) is 5.11. The van der Waals surface area contributed by atoms with Gasteiger partial charge >= 0.3 is 0 Å². The Bertz CT molecular complexity index is 326. The van der Waals surface area contributed by atoms with Gasteiger partial charge in [-0.05, 0) is 36.8 Å². The van der Waals surface area contributed by atoms with E-state index in [9.17, 15) is 4.79 Å². The van der Waals surface area contributed by atoms with E-state index in [0.29, 0.717) is 6.42 Å². The van der Waals surface area contributed by atoms with Crippen LogP contribution in [0.5, 0.6) is 0 Å². The van der Waals surface area contributed by atoms with Crippen LogP contribution in [0.25, 0.3) is 0 Å². The third-order valence-electron chi connectivity index (χ3n) is 3.63. The van der Waals surface area contributed by atoms with E-state index in [1.54, 1.807) is 0 Å². The molecule has 0 bridgehead atoms. The molecule has 0 saturated carbocycles. The normalized spacial score (nSPS) is 10.6. The SMILES string of the molecule is CCCCCCCCc1ccc(CCCC=O)cc1. The Morgan fingerprint density at radius 2 is 1.32 bits per heavy atom. The summed E-state index contributed by atoms with van der Waals surface area (Å²) in [6.07, 6.45) is 13.1. The van der Waals surface area contributed by atoms with Crippen LogP contribution in [0.3, 0.4) is 0 Å². The lowest BCUT2D eigenvalue weighted by molar-refractivity contribution is -0.107. The van der Waals surface area contributed by atoms with Gasteiger partial charge in [-0.1, -0.05) is 63.3 Å². The van der Waals surface area contributed by atoms with Crippen LogP contribution in [-0.4, -0.2) is 6.29 Å². The van der Waals surface area contributed by atoms with Crippen LogP contribution in [0.15, 0.2) is 24.3 Å². The smallest absolute Gasteiger partial charge is 0.120 e. The lowest BCUT2D eigenvalue weighted by atomic mass is 10.0. The second-order valence-electron chi connectivity index (χ2n) is 5.39. The molecule has 0 aromatic heterocycles. The summed E-state index contributed by atoms with van der Waals surface area (Å²) in [7, 11) is 0. The van der Waals surface area contributed by atoms with Gasteiger partial charge in [0.15, 0.2) is 0 Å². The molecule has 0 spiro atoms. The van der Waals surface area contributed by atoms with Crippen LogP contribution in [0.1, 0.15) is 69.4 Å². The van der Waals surface area contributed by atoms with Crippen molar-refractivity contribution < 1.29 is 4.79 Å². The van der Waals surface area contributed by atoms with E-state index < -0.39 is 0 Å². The number of carbonyl (C=O) groups excluding carboxylic acids is 1. The molecule has 0 amide bonds. The fourth-order valence-corrected chi connectivity index (χ4v) is 2.37. The molecule has 1 rings (SSSR count). The number of aldehydes is 1. The minimum Gasteiger partial charge on any atom is -0.303 e. The molecular formula is C18H28O. The second kappa shape index (κ2) is 10.8. The van der Waals surface area contributed by atoms with Crippen LogP contribution < -0.4 is 0 Å². The number of hydrogen-bond donors (Lipinski definition) is 0. The van der Waals surface area contributed by atoms with Crippen molar-refractivity contribution in [3.05, 3.63) is 35.4 Å². The molecule has 0 saturated heterocycles. The fraction of sp³-hybridized carbons (Fsp3) is 0.611. The number of rotatable bonds is 11. The molecule has 106 valence electrons. The van der Waals surface area contributed by atoms with Gasteiger partial charge in [-0.25, -0.2) is 0 Å². The molecule has 1 aromatic carbocycles. The average molecular weight is 260 g/mol. The van der Waals surface area contributed by atoms with Gasteiger partial charge in [-0.3, -0.25) is 0 Å². The van der Waals surface area contributed by atoms with Crippen molar-refractivity contribution in [1.29, 1.82) is 0 Å². The Morgan fingerprint density at radius 1 is 0.789 bits per heavy atom. The van der Waals surface area contributed by atoms with E-state index in [4.69, 9.17) is 0 Å². The van der Waals surface area contributed by atoms with Gasteiger partial charge in [-0.2, -0.15) is 0 Å². The standard InChI is InChI=1S/C18H28O/c1-2-3-4-5-6-7-10-17-12-14-18(15-13-17)11-8-9-16-19/h12-16H,2-11H2,1H3. The molecule has 0 aliphatic carbocycles. The molecule has 1 nitrogen and oxygen atoms in total. The summed E-state index contributed by atoms with van der Waals surface area (Å²) in [5.74, 6) is 0. The van der Waals surface area contributed by atoms with Crippen molar-refractivity contribution in [2.75, 3.05) is 0 Å². The van der Waals surface area contributed by atoms with Gasteiger partial charge in [0.05, 0.1) is 0 Å². The number of hydrogen-bond acceptors (Lipinski definition) is 1. The Labute approximate surface area is 118 Å². The summed E-state index contributed by atoms with van der Waals surface area (Å²) < 4.78 is 0. The summed E-state index contributed by atoms with van der Waals surface area (Å²) in [4.78, 5) is 10.3. The van der Waals surface area contributed by atoms with E-state index >= 15 is 0 Å². The van der Waals surface area contributed by atoms with Gasteiger partial charge < -0.3 is 4.79 Å². The highest BCUT2D eigenvalue weighted by molar-refractivity contribution is 5.49. The molecule has 1 heteroatoms. The minimum atomic E-state index is 0.680. The highest BCUT2D eigenvalue weighted by atomic mass is 16.1. The van der Waals surface area contributed by atoms with E-state index in [2.05, 4.69) is 31.2 Å². The van der Waals surface area contributed by atoms with Crippen molar-refractivity contribution >= 4 is 6.29 Å². The van der Waals surface area contributed by atoms with Gasteiger partial charge in [0.25, 0.3) is 0 Å². The molecule has 0 unspecified atom stereocenters. The number of aryl methyl sites for hydroxylation is 2. The number of benzene rings is 1. The maximum absolute atomic E-state index is 10.3. The molecule has 0 aliphatic heterocycles. The monoisotopic (exact) mass is 260 g/mol. The molecule has 0 heterocycles. The van der Waals surface area contributed by atoms with E-state index in [0.717, 1.165) is 19.1 Å². The quantitative estimate of drug-likeness (QED) is 0.399. The highest BCUT2D eigenvalue weighted by Gasteiger charge is 1.96. The summed E-state index contributed by atoms with van der Waals surface area (Å²) in [5.41, 5.74) is 2.81. The van der Waals surface area contributed by atoms with Crippen LogP contribution in [0.4, 0.5) is 0 Å². The summed E-state index contributed by atoms with van der Waals surface area (Å²) in [6, 6.07) is 8.94. The molecule has 1 aromatic rings. The third-order valence-corrected chi connectivity index (χ3v) is 3.63. The lowest BCUT2D eigenvalue weighted by Gasteiger charge is -2.04. The van der Waals surface area contributed by atoms with Crippen molar-refractivity contribution in [2.45, 2.75) is 71.1 Å². The van der Waals surface area contributed by atoms with Crippen molar-refractivity contribution in [3.8, 4) is 0 Å². The maximum atomic E-state index is 10.3. The topological polar surface area (TPSA) is 17.1 Å². The van der Waals surface area contributed by atoms with Crippen LogP contribution in [0.2, 0.25) is 0 Å². The van der Waals surface area contributed by atoms with Gasteiger partial charge in [0.1, 0.15) is 6.29 Å². The number of carbonyl (C=O) groups is 1.